The summed E-state index contributed by atoms with van der Waals surface area (Å²) in [6, 6.07) is 3.66. The molecule has 2 aliphatic rings. The van der Waals surface area contributed by atoms with Gasteiger partial charge >= 0.3 is 0 Å². The predicted octanol–water partition coefficient (Wildman–Crippen LogP) is 2.40. The third-order valence-corrected chi connectivity index (χ3v) is 5.78. The molecule has 26 heavy (non-hydrogen) atoms. The number of rotatable bonds is 4. The molecule has 138 valence electrons. The van der Waals surface area contributed by atoms with Crippen LogP contribution >= 0.6 is 11.3 Å². The molecule has 2 saturated heterocycles. The molecular formula is C18H21N3O4S. The van der Waals surface area contributed by atoms with Crippen LogP contribution in [0.25, 0.3) is 0 Å². The van der Waals surface area contributed by atoms with Crippen LogP contribution in [0.5, 0.6) is 5.75 Å². The Hall–Kier alpha value is -2.03. The molecule has 1 amide bonds. The summed E-state index contributed by atoms with van der Waals surface area (Å²) < 4.78 is 17.1. The number of likely N-dealkylation sites (tertiary alicyclic amines) is 1. The van der Waals surface area contributed by atoms with Crippen molar-refractivity contribution in [1.82, 2.24) is 14.9 Å². The minimum atomic E-state index is -0.470. The van der Waals surface area contributed by atoms with E-state index in [1.54, 1.807) is 12.4 Å². The zero-order valence-corrected chi connectivity index (χ0v) is 15.5. The molecule has 0 aliphatic carbocycles. The standard InChI is InChI=1S/C18H21N3O4S/c1-13-16(26-15(20-13)12-23-14-3-2-6-19-11-14)17(22)21-7-4-18(5-8-21)24-9-10-25-18/h2-3,6,11H,4-5,7-10,12H2,1H3. The molecule has 4 rings (SSSR count). The van der Waals surface area contributed by atoms with E-state index in [4.69, 9.17) is 14.2 Å². The lowest BCUT2D eigenvalue weighted by Crippen LogP contribution is -2.47. The lowest BCUT2D eigenvalue weighted by molar-refractivity contribution is -0.181. The second-order valence-corrected chi connectivity index (χ2v) is 7.48. The zero-order chi connectivity index (χ0) is 18.0. The van der Waals surface area contributed by atoms with Crippen LogP contribution in [0.1, 0.15) is 33.2 Å². The van der Waals surface area contributed by atoms with Gasteiger partial charge in [0.15, 0.2) is 5.79 Å². The Morgan fingerprint density at radius 2 is 2.12 bits per heavy atom. The number of ether oxygens (including phenoxy) is 3. The first-order chi connectivity index (χ1) is 12.7. The number of hydrogen-bond donors (Lipinski definition) is 0. The fourth-order valence-corrected chi connectivity index (χ4v) is 4.22. The maximum absolute atomic E-state index is 12.9. The highest BCUT2D eigenvalue weighted by Gasteiger charge is 2.41. The minimum absolute atomic E-state index is 0.0282. The molecule has 0 N–H and O–H groups in total. The number of aromatic nitrogens is 2. The summed E-state index contributed by atoms with van der Waals surface area (Å²) in [5, 5.41) is 0.783. The largest absolute Gasteiger partial charge is 0.485 e. The average Bonchev–Trinajstić information content (AvgIpc) is 3.28. The van der Waals surface area contributed by atoms with Gasteiger partial charge in [-0.25, -0.2) is 4.98 Å². The smallest absolute Gasteiger partial charge is 0.265 e. The predicted molar refractivity (Wildman–Crippen MR) is 95.2 cm³/mol. The second-order valence-electron chi connectivity index (χ2n) is 6.40. The quantitative estimate of drug-likeness (QED) is 0.817. The number of carbonyl (C=O) groups is 1. The first-order valence-corrected chi connectivity index (χ1v) is 9.53. The van der Waals surface area contributed by atoms with Crippen LogP contribution < -0.4 is 4.74 Å². The molecule has 0 unspecified atom stereocenters. The molecule has 2 aromatic heterocycles. The van der Waals surface area contributed by atoms with E-state index >= 15 is 0 Å². The maximum atomic E-state index is 12.9. The van der Waals surface area contributed by atoms with Gasteiger partial charge in [0.1, 0.15) is 22.2 Å². The van der Waals surface area contributed by atoms with Crippen molar-refractivity contribution in [2.75, 3.05) is 26.3 Å². The number of amides is 1. The summed E-state index contributed by atoms with van der Waals surface area (Å²) in [6.45, 7) is 4.75. The van der Waals surface area contributed by atoms with Gasteiger partial charge in [-0.15, -0.1) is 11.3 Å². The molecule has 0 saturated carbocycles. The van der Waals surface area contributed by atoms with Crippen LogP contribution in [-0.2, 0) is 16.1 Å². The van der Waals surface area contributed by atoms with Crippen molar-refractivity contribution in [3.63, 3.8) is 0 Å². The van der Waals surface area contributed by atoms with Crippen LogP contribution in [0.3, 0.4) is 0 Å². The Bertz CT molecular complexity index is 764. The van der Waals surface area contributed by atoms with E-state index in [1.807, 2.05) is 24.0 Å². The van der Waals surface area contributed by atoms with Crippen LogP contribution in [0.15, 0.2) is 24.5 Å². The Kier molecular flexibility index (Phi) is 4.88. The fourth-order valence-electron chi connectivity index (χ4n) is 3.27. The second kappa shape index (κ2) is 7.30. The van der Waals surface area contributed by atoms with Gasteiger partial charge in [0.25, 0.3) is 5.91 Å². The monoisotopic (exact) mass is 375 g/mol. The first kappa shape index (κ1) is 17.4. The van der Waals surface area contributed by atoms with Crippen molar-refractivity contribution in [1.29, 1.82) is 0 Å². The van der Waals surface area contributed by atoms with Gasteiger partial charge in [-0.2, -0.15) is 0 Å². The molecular weight excluding hydrogens is 354 g/mol. The van der Waals surface area contributed by atoms with E-state index in [-0.39, 0.29) is 5.91 Å². The van der Waals surface area contributed by atoms with Crippen molar-refractivity contribution >= 4 is 17.2 Å². The summed E-state index contributed by atoms with van der Waals surface area (Å²) in [5.74, 6) is 0.244. The van der Waals surface area contributed by atoms with Crippen molar-refractivity contribution in [3.05, 3.63) is 40.1 Å². The van der Waals surface area contributed by atoms with Crippen LogP contribution in [-0.4, -0.2) is 52.9 Å². The molecule has 8 heteroatoms. The van der Waals surface area contributed by atoms with Crippen LogP contribution in [0.4, 0.5) is 0 Å². The Balaban J connectivity index is 1.38. The molecule has 7 nitrogen and oxygen atoms in total. The van der Waals surface area contributed by atoms with Gasteiger partial charge in [0.05, 0.1) is 25.1 Å². The number of piperidine rings is 1. The summed E-state index contributed by atoms with van der Waals surface area (Å²) >= 11 is 1.39. The lowest BCUT2D eigenvalue weighted by Gasteiger charge is -2.37. The van der Waals surface area contributed by atoms with Gasteiger partial charge in [0, 0.05) is 32.1 Å². The van der Waals surface area contributed by atoms with E-state index in [0.717, 1.165) is 10.7 Å². The SMILES string of the molecule is Cc1nc(COc2cccnc2)sc1C(=O)N1CCC2(CC1)OCCO2. The summed E-state index contributed by atoms with van der Waals surface area (Å²) in [5.41, 5.74) is 0.749. The normalized spacial score (nSPS) is 19.0. The van der Waals surface area contributed by atoms with E-state index in [2.05, 4.69) is 9.97 Å². The third-order valence-electron chi connectivity index (χ3n) is 4.66. The average molecular weight is 375 g/mol. The van der Waals surface area contributed by atoms with E-state index < -0.39 is 5.79 Å². The van der Waals surface area contributed by atoms with Crippen molar-refractivity contribution in [3.8, 4) is 5.75 Å². The molecule has 2 aromatic rings. The zero-order valence-electron chi connectivity index (χ0n) is 14.6. The van der Waals surface area contributed by atoms with E-state index in [0.29, 0.717) is 56.4 Å². The molecule has 4 heterocycles. The molecule has 0 aromatic carbocycles. The Labute approximate surface area is 155 Å². The highest BCUT2D eigenvalue weighted by molar-refractivity contribution is 7.13. The number of pyridine rings is 1. The van der Waals surface area contributed by atoms with Gasteiger partial charge in [-0.3, -0.25) is 9.78 Å². The Morgan fingerprint density at radius 1 is 1.35 bits per heavy atom. The molecule has 0 radical (unpaired) electrons. The van der Waals surface area contributed by atoms with Crippen molar-refractivity contribution < 1.29 is 19.0 Å². The summed E-state index contributed by atoms with van der Waals surface area (Å²) in [4.78, 5) is 23.9. The highest BCUT2D eigenvalue weighted by atomic mass is 32.1. The van der Waals surface area contributed by atoms with Gasteiger partial charge in [0.2, 0.25) is 0 Å². The summed E-state index contributed by atoms with van der Waals surface area (Å²) in [7, 11) is 0. The lowest BCUT2D eigenvalue weighted by atomic mass is 10.0. The molecule has 0 bridgehead atoms. The van der Waals surface area contributed by atoms with Crippen molar-refractivity contribution in [2.45, 2.75) is 32.2 Å². The number of nitrogens with zero attached hydrogens (tertiary/aromatic N) is 3. The summed E-state index contributed by atoms with van der Waals surface area (Å²) in [6.07, 6.45) is 4.78. The number of hydrogen-bond acceptors (Lipinski definition) is 7. The first-order valence-electron chi connectivity index (χ1n) is 8.72. The van der Waals surface area contributed by atoms with Gasteiger partial charge in [-0.1, -0.05) is 0 Å². The topological polar surface area (TPSA) is 73.8 Å². The molecule has 1 spiro atoms. The van der Waals surface area contributed by atoms with Crippen molar-refractivity contribution in [2.24, 2.45) is 0 Å². The number of aryl methyl sites for hydroxylation is 1. The van der Waals surface area contributed by atoms with E-state index in [1.165, 1.54) is 11.3 Å². The van der Waals surface area contributed by atoms with Crippen LogP contribution in [0, 0.1) is 6.92 Å². The molecule has 2 fully saturated rings. The van der Waals surface area contributed by atoms with Crippen LogP contribution in [0.2, 0.25) is 0 Å². The maximum Gasteiger partial charge on any atom is 0.265 e. The minimum Gasteiger partial charge on any atom is -0.485 e. The van der Waals surface area contributed by atoms with E-state index in [9.17, 15) is 4.79 Å². The fraction of sp³-hybridized carbons (Fsp3) is 0.500. The third kappa shape index (κ3) is 3.58. The number of thiazole rings is 1. The Morgan fingerprint density at radius 3 is 2.81 bits per heavy atom. The van der Waals surface area contributed by atoms with Gasteiger partial charge in [-0.05, 0) is 19.1 Å². The molecule has 2 aliphatic heterocycles. The number of carbonyl (C=O) groups excluding carboxylic acids is 1. The van der Waals surface area contributed by atoms with Gasteiger partial charge < -0.3 is 19.1 Å². The highest BCUT2D eigenvalue weighted by Crippen LogP contribution is 2.32. The molecule has 0 atom stereocenters.